The minimum Gasteiger partial charge on any atom is -0.316 e. The van der Waals surface area contributed by atoms with Crippen molar-refractivity contribution in [3.05, 3.63) is 57.8 Å². The maximum Gasteiger partial charge on any atom is 0.131 e. The first kappa shape index (κ1) is 13.2. The molecule has 0 saturated carbocycles. The van der Waals surface area contributed by atoms with Crippen LogP contribution in [-0.4, -0.2) is 7.05 Å². The molecule has 0 aliphatic heterocycles. The van der Waals surface area contributed by atoms with Crippen LogP contribution in [0.2, 0.25) is 0 Å². The first-order valence-electron chi connectivity index (χ1n) is 5.81. The Hall–Kier alpha value is -1.19. The van der Waals surface area contributed by atoms with E-state index in [9.17, 15) is 4.39 Å². The highest BCUT2D eigenvalue weighted by Crippen LogP contribution is 2.29. The summed E-state index contributed by atoms with van der Waals surface area (Å²) in [5.41, 5.74) is 3.86. The van der Waals surface area contributed by atoms with Gasteiger partial charge in [0.1, 0.15) is 5.82 Å². The molecule has 0 spiro atoms. The lowest BCUT2D eigenvalue weighted by atomic mass is 9.98. The molecule has 0 atom stereocenters. The van der Waals surface area contributed by atoms with E-state index in [1.54, 1.807) is 6.07 Å². The molecular weight excluding hydrogens is 293 g/mol. The van der Waals surface area contributed by atoms with E-state index in [0.717, 1.165) is 22.1 Å². The molecule has 0 aromatic heterocycles. The Kier molecular flexibility index (Phi) is 4.15. The second kappa shape index (κ2) is 5.63. The van der Waals surface area contributed by atoms with E-state index >= 15 is 0 Å². The number of nitrogens with one attached hydrogen (secondary N) is 1. The molecule has 0 aliphatic carbocycles. The Bertz CT molecular complexity index is 566. The second-order valence-electron chi connectivity index (χ2n) is 4.30. The first-order chi connectivity index (χ1) is 8.61. The number of hydrogen-bond acceptors (Lipinski definition) is 1. The van der Waals surface area contributed by atoms with Gasteiger partial charge in [0.15, 0.2) is 0 Å². The van der Waals surface area contributed by atoms with Crippen molar-refractivity contribution in [2.24, 2.45) is 0 Å². The fourth-order valence-electron chi connectivity index (χ4n) is 2.05. The van der Waals surface area contributed by atoms with Crippen LogP contribution in [0.25, 0.3) is 11.1 Å². The molecule has 0 saturated heterocycles. The zero-order valence-electron chi connectivity index (χ0n) is 10.4. The van der Waals surface area contributed by atoms with Gasteiger partial charge < -0.3 is 5.32 Å². The third kappa shape index (κ3) is 2.79. The summed E-state index contributed by atoms with van der Waals surface area (Å²) in [5.74, 6) is -0.192. The number of benzene rings is 2. The second-order valence-corrected chi connectivity index (χ2v) is 5.22. The van der Waals surface area contributed by atoms with Crippen molar-refractivity contribution < 1.29 is 4.39 Å². The third-order valence-electron chi connectivity index (χ3n) is 2.89. The molecule has 94 valence electrons. The minimum absolute atomic E-state index is 0.192. The van der Waals surface area contributed by atoms with Gasteiger partial charge in [-0.25, -0.2) is 4.39 Å². The SMILES string of the molecule is CNCc1ccc(-c2cc(Br)ccc2F)c(C)c1. The third-order valence-corrected chi connectivity index (χ3v) is 3.38. The monoisotopic (exact) mass is 307 g/mol. The highest BCUT2D eigenvalue weighted by atomic mass is 79.9. The van der Waals surface area contributed by atoms with E-state index in [4.69, 9.17) is 0 Å². The van der Waals surface area contributed by atoms with Gasteiger partial charge in [-0.3, -0.25) is 0 Å². The van der Waals surface area contributed by atoms with Crippen LogP contribution in [0.4, 0.5) is 4.39 Å². The van der Waals surface area contributed by atoms with E-state index in [2.05, 4.69) is 27.3 Å². The molecule has 0 unspecified atom stereocenters. The fraction of sp³-hybridized carbons (Fsp3) is 0.200. The van der Waals surface area contributed by atoms with Gasteiger partial charge in [-0.05, 0) is 48.9 Å². The van der Waals surface area contributed by atoms with Crippen LogP contribution in [0.3, 0.4) is 0 Å². The summed E-state index contributed by atoms with van der Waals surface area (Å²) in [6.07, 6.45) is 0. The molecule has 1 nitrogen and oxygen atoms in total. The Morgan fingerprint density at radius 3 is 2.56 bits per heavy atom. The average Bonchev–Trinajstić information content (AvgIpc) is 2.33. The Balaban J connectivity index is 2.47. The largest absolute Gasteiger partial charge is 0.316 e. The number of rotatable bonds is 3. The van der Waals surface area contributed by atoms with E-state index < -0.39 is 0 Å². The highest BCUT2D eigenvalue weighted by Gasteiger charge is 2.08. The lowest BCUT2D eigenvalue weighted by Gasteiger charge is -2.10. The molecule has 2 rings (SSSR count). The molecule has 0 radical (unpaired) electrons. The molecule has 0 bridgehead atoms. The van der Waals surface area contributed by atoms with Gasteiger partial charge in [-0.2, -0.15) is 0 Å². The molecule has 2 aromatic carbocycles. The lowest BCUT2D eigenvalue weighted by molar-refractivity contribution is 0.631. The maximum absolute atomic E-state index is 13.9. The molecule has 0 aliphatic rings. The van der Waals surface area contributed by atoms with Gasteiger partial charge in [-0.15, -0.1) is 0 Å². The lowest BCUT2D eigenvalue weighted by Crippen LogP contribution is -2.05. The zero-order chi connectivity index (χ0) is 13.1. The maximum atomic E-state index is 13.9. The standard InChI is InChI=1S/C15H15BrFN/c1-10-7-11(9-18-2)3-5-13(10)14-8-12(16)4-6-15(14)17/h3-8,18H,9H2,1-2H3. The van der Waals surface area contributed by atoms with Crippen molar-refractivity contribution in [3.63, 3.8) is 0 Å². The zero-order valence-corrected chi connectivity index (χ0v) is 12.0. The van der Waals surface area contributed by atoms with Gasteiger partial charge in [0.05, 0.1) is 0 Å². The van der Waals surface area contributed by atoms with Gasteiger partial charge in [0, 0.05) is 16.6 Å². The number of hydrogen-bond donors (Lipinski definition) is 1. The van der Waals surface area contributed by atoms with Gasteiger partial charge in [0.25, 0.3) is 0 Å². The Labute approximate surface area is 115 Å². The van der Waals surface area contributed by atoms with E-state index in [-0.39, 0.29) is 5.82 Å². The molecular formula is C15H15BrFN. The molecule has 0 amide bonds. The normalized spacial score (nSPS) is 10.7. The smallest absolute Gasteiger partial charge is 0.131 e. The highest BCUT2D eigenvalue weighted by molar-refractivity contribution is 9.10. The molecule has 0 heterocycles. The molecule has 0 fully saturated rings. The summed E-state index contributed by atoms with van der Waals surface area (Å²) in [6, 6.07) is 11.1. The summed E-state index contributed by atoms with van der Waals surface area (Å²) in [5, 5.41) is 3.11. The van der Waals surface area contributed by atoms with E-state index in [0.29, 0.717) is 5.56 Å². The molecule has 2 aromatic rings. The summed E-state index contributed by atoms with van der Waals surface area (Å²) < 4.78 is 14.7. The van der Waals surface area contributed by atoms with Crippen molar-refractivity contribution >= 4 is 15.9 Å². The summed E-state index contributed by atoms with van der Waals surface area (Å²) >= 11 is 3.38. The number of halogens is 2. The van der Waals surface area contributed by atoms with Gasteiger partial charge in [-0.1, -0.05) is 34.1 Å². The fourth-order valence-corrected chi connectivity index (χ4v) is 2.41. The summed E-state index contributed by atoms with van der Waals surface area (Å²) in [7, 11) is 1.91. The van der Waals surface area contributed by atoms with Crippen molar-refractivity contribution in [1.82, 2.24) is 5.32 Å². The van der Waals surface area contributed by atoms with Crippen LogP contribution in [0, 0.1) is 12.7 Å². The Morgan fingerprint density at radius 2 is 1.89 bits per heavy atom. The Morgan fingerprint density at radius 1 is 1.11 bits per heavy atom. The van der Waals surface area contributed by atoms with Crippen molar-refractivity contribution in [3.8, 4) is 11.1 Å². The van der Waals surface area contributed by atoms with Crippen LogP contribution in [0.1, 0.15) is 11.1 Å². The van der Waals surface area contributed by atoms with Crippen LogP contribution in [0.5, 0.6) is 0 Å². The van der Waals surface area contributed by atoms with Crippen LogP contribution in [-0.2, 0) is 6.54 Å². The van der Waals surface area contributed by atoms with Crippen LogP contribution in [0.15, 0.2) is 40.9 Å². The minimum atomic E-state index is -0.192. The predicted octanol–water partition coefficient (Wildman–Crippen LogP) is 4.28. The van der Waals surface area contributed by atoms with E-state index in [1.165, 1.54) is 11.6 Å². The summed E-state index contributed by atoms with van der Waals surface area (Å²) in [6.45, 7) is 2.83. The average molecular weight is 308 g/mol. The quantitative estimate of drug-likeness (QED) is 0.892. The number of aryl methyl sites for hydroxylation is 1. The van der Waals surface area contributed by atoms with Crippen LogP contribution >= 0.6 is 15.9 Å². The molecule has 1 N–H and O–H groups in total. The van der Waals surface area contributed by atoms with Gasteiger partial charge in [0.2, 0.25) is 0 Å². The summed E-state index contributed by atoms with van der Waals surface area (Å²) in [4.78, 5) is 0. The topological polar surface area (TPSA) is 12.0 Å². The van der Waals surface area contributed by atoms with Crippen molar-refractivity contribution in [2.75, 3.05) is 7.05 Å². The van der Waals surface area contributed by atoms with Crippen molar-refractivity contribution in [1.29, 1.82) is 0 Å². The van der Waals surface area contributed by atoms with E-state index in [1.807, 2.05) is 32.2 Å². The predicted molar refractivity (Wildman–Crippen MR) is 77.0 cm³/mol. The first-order valence-corrected chi connectivity index (χ1v) is 6.60. The van der Waals surface area contributed by atoms with Crippen LogP contribution < -0.4 is 5.32 Å². The van der Waals surface area contributed by atoms with Crippen molar-refractivity contribution in [2.45, 2.75) is 13.5 Å². The molecule has 18 heavy (non-hydrogen) atoms. The van der Waals surface area contributed by atoms with Gasteiger partial charge >= 0.3 is 0 Å². The molecule has 3 heteroatoms.